The predicted molar refractivity (Wildman–Crippen MR) is 122 cm³/mol. The van der Waals surface area contributed by atoms with Crippen molar-refractivity contribution in [2.45, 2.75) is 27.7 Å². The van der Waals surface area contributed by atoms with E-state index in [1.807, 2.05) is 0 Å². The summed E-state index contributed by atoms with van der Waals surface area (Å²) in [6.45, 7) is 8.79. The van der Waals surface area contributed by atoms with E-state index in [0.717, 1.165) is 0 Å². The number of rotatable bonds is 0. The van der Waals surface area contributed by atoms with Crippen LogP contribution < -0.4 is 0 Å². The zero-order valence-electron chi connectivity index (χ0n) is 16.6. The van der Waals surface area contributed by atoms with E-state index in [0.29, 0.717) is 0 Å². The first-order valence-electron chi connectivity index (χ1n) is 9.89. The molecular weight excluding hydrogens is 340 g/mol. The van der Waals surface area contributed by atoms with Crippen LogP contribution in [0.1, 0.15) is 22.3 Å². The number of fused-ring (bicyclic) bond motifs is 8. The van der Waals surface area contributed by atoms with Crippen LogP contribution in [-0.4, -0.2) is 9.97 Å². The Balaban J connectivity index is 1.90. The normalized spacial score (nSPS) is 12.3. The van der Waals surface area contributed by atoms with E-state index in [-0.39, 0.29) is 0 Å². The van der Waals surface area contributed by atoms with Gasteiger partial charge in [0.15, 0.2) is 0 Å². The predicted octanol–water partition coefficient (Wildman–Crippen LogP) is 7.34. The molecule has 0 unspecified atom stereocenters. The quantitative estimate of drug-likeness (QED) is 0.283. The maximum Gasteiger partial charge on any atom is 0.0497 e. The third kappa shape index (κ3) is 1.87. The molecule has 0 saturated carbocycles. The molecule has 28 heavy (non-hydrogen) atoms. The molecule has 0 aliphatic heterocycles. The SMILES string of the molecule is Cc1ccc(C)c2c1[nH]c1cc3ccc4[nH]c5c(C)ccc(C)c5c4c3cc12. The van der Waals surface area contributed by atoms with E-state index in [1.165, 1.54) is 76.6 Å². The summed E-state index contributed by atoms with van der Waals surface area (Å²) in [5.74, 6) is 0. The maximum atomic E-state index is 3.67. The largest absolute Gasteiger partial charge is 0.354 e. The number of benzene rings is 4. The molecule has 0 amide bonds. The van der Waals surface area contributed by atoms with Crippen molar-refractivity contribution in [1.29, 1.82) is 0 Å². The Morgan fingerprint density at radius 3 is 1.86 bits per heavy atom. The van der Waals surface area contributed by atoms with Gasteiger partial charge < -0.3 is 9.97 Å². The molecule has 0 atom stereocenters. The van der Waals surface area contributed by atoms with Crippen LogP contribution in [0, 0.1) is 27.7 Å². The fourth-order valence-electron chi connectivity index (χ4n) is 4.94. The molecule has 4 aromatic carbocycles. The number of H-pyrrole nitrogens is 2. The third-order valence-corrected chi connectivity index (χ3v) is 6.44. The lowest BCUT2D eigenvalue weighted by atomic mass is 9.97. The summed E-state index contributed by atoms with van der Waals surface area (Å²) >= 11 is 0. The molecule has 0 fully saturated rings. The second-order valence-electron chi connectivity index (χ2n) is 8.26. The minimum atomic E-state index is 1.21. The summed E-state index contributed by atoms with van der Waals surface area (Å²) in [6, 6.07) is 18.1. The molecule has 2 heterocycles. The lowest BCUT2D eigenvalue weighted by Gasteiger charge is -2.05. The van der Waals surface area contributed by atoms with Gasteiger partial charge in [0.2, 0.25) is 0 Å². The summed E-state index contributed by atoms with van der Waals surface area (Å²) in [5, 5.41) is 7.97. The van der Waals surface area contributed by atoms with Crippen LogP contribution in [0.3, 0.4) is 0 Å². The fourth-order valence-corrected chi connectivity index (χ4v) is 4.94. The van der Waals surface area contributed by atoms with E-state index >= 15 is 0 Å². The highest BCUT2D eigenvalue weighted by molar-refractivity contribution is 6.25. The zero-order chi connectivity index (χ0) is 19.2. The first-order valence-corrected chi connectivity index (χ1v) is 9.89. The van der Waals surface area contributed by atoms with Crippen molar-refractivity contribution in [2.24, 2.45) is 0 Å². The first kappa shape index (κ1) is 15.8. The number of aromatic amines is 2. The van der Waals surface area contributed by atoms with Gasteiger partial charge in [-0.25, -0.2) is 0 Å². The maximum absolute atomic E-state index is 3.67. The van der Waals surface area contributed by atoms with Crippen LogP contribution in [-0.2, 0) is 0 Å². The van der Waals surface area contributed by atoms with Gasteiger partial charge in [0.25, 0.3) is 0 Å². The van der Waals surface area contributed by atoms with Gasteiger partial charge in [0.05, 0.1) is 0 Å². The topological polar surface area (TPSA) is 31.6 Å². The van der Waals surface area contributed by atoms with Crippen molar-refractivity contribution in [3.63, 3.8) is 0 Å². The number of hydrogen-bond donors (Lipinski definition) is 2. The molecular formula is C26H22N2. The van der Waals surface area contributed by atoms with Gasteiger partial charge in [-0.3, -0.25) is 0 Å². The highest BCUT2D eigenvalue weighted by Crippen LogP contribution is 2.39. The Morgan fingerprint density at radius 2 is 1.11 bits per heavy atom. The van der Waals surface area contributed by atoms with E-state index in [9.17, 15) is 0 Å². The Hall–Kier alpha value is -3.26. The fraction of sp³-hybridized carbons (Fsp3) is 0.154. The van der Waals surface area contributed by atoms with Gasteiger partial charge in [-0.2, -0.15) is 0 Å². The van der Waals surface area contributed by atoms with Crippen LogP contribution in [0.5, 0.6) is 0 Å². The molecule has 2 aromatic heterocycles. The highest BCUT2D eigenvalue weighted by atomic mass is 14.7. The second-order valence-corrected chi connectivity index (χ2v) is 8.26. The summed E-state index contributed by atoms with van der Waals surface area (Å²) in [5.41, 5.74) is 10.2. The first-order chi connectivity index (χ1) is 13.5. The molecule has 0 aliphatic carbocycles. The standard InChI is InChI=1S/C26H22N2/c1-13-5-7-15(3)25-22(13)19-12-18-17(11-21(19)28-25)9-10-20-24(18)23-14(2)6-8-16(4)26(23)27-20/h5-12,27-28H,1-4H3. The Morgan fingerprint density at radius 1 is 0.500 bits per heavy atom. The van der Waals surface area contributed by atoms with Crippen LogP contribution in [0.15, 0.2) is 48.5 Å². The van der Waals surface area contributed by atoms with Crippen LogP contribution in [0.25, 0.3) is 54.4 Å². The van der Waals surface area contributed by atoms with Crippen LogP contribution in [0.4, 0.5) is 0 Å². The Bertz CT molecular complexity index is 1590. The van der Waals surface area contributed by atoms with Crippen molar-refractivity contribution in [3.8, 4) is 0 Å². The van der Waals surface area contributed by atoms with Gasteiger partial charge >= 0.3 is 0 Å². The number of aryl methyl sites for hydroxylation is 4. The van der Waals surface area contributed by atoms with E-state index in [1.54, 1.807) is 0 Å². The Labute approximate surface area is 163 Å². The van der Waals surface area contributed by atoms with Gasteiger partial charge in [0.1, 0.15) is 0 Å². The average molecular weight is 362 g/mol. The molecule has 136 valence electrons. The third-order valence-electron chi connectivity index (χ3n) is 6.44. The highest BCUT2D eigenvalue weighted by Gasteiger charge is 2.15. The molecule has 6 aromatic rings. The number of nitrogens with one attached hydrogen (secondary N) is 2. The summed E-state index contributed by atoms with van der Waals surface area (Å²) in [6.07, 6.45) is 0. The summed E-state index contributed by atoms with van der Waals surface area (Å²) in [4.78, 5) is 7.34. The van der Waals surface area contributed by atoms with Crippen LogP contribution in [0.2, 0.25) is 0 Å². The Kier molecular flexibility index (Phi) is 2.91. The summed E-state index contributed by atoms with van der Waals surface area (Å²) < 4.78 is 0. The molecule has 2 N–H and O–H groups in total. The zero-order valence-corrected chi connectivity index (χ0v) is 16.6. The lowest BCUT2D eigenvalue weighted by Crippen LogP contribution is -1.81. The molecule has 0 radical (unpaired) electrons. The monoisotopic (exact) mass is 362 g/mol. The van der Waals surface area contributed by atoms with Crippen molar-refractivity contribution < 1.29 is 0 Å². The molecule has 0 aliphatic rings. The molecule has 2 heteroatoms. The van der Waals surface area contributed by atoms with Crippen molar-refractivity contribution >= 4 is 54.4 Å². The van der Waals surface area contributed by atoms with E-state index in [2.05, 4.69) is 86.2 Å². The van der Waals surface area contributed by atoms with Crippen molar-refractivity contribution in [1.82, 2.24) is 9.97 Å². The molecule has 6 rings (SSSR count). The lowest BCUT2D eigenvalue weighted by molar-refractivity contribution is 1.42. The van der Waals surface area contributed by atoms with Crippen molar-refractivity contribution in [2.75, 3.05) is 0 Å². The van der Waals surface area contributed by atoms with E-state index in [4.69, 9.17) is 0 Å². The average Bonchev–Trinajstić information content (AvgIpc) is 3.26. The van der Waals surface area contributed by atoms with E-state index < -0.39 is 0 Å². The van der Waals surface area contributed by atoms with Crippen LogP contribution >= 0.6 is 0 Å². The molecule has 0 bridgehead atoms. The van der Waals surface area contributed by atoms with Gasteiger partial charge in [0, 0.05) is 43.6 Å². The minimum absolute atomic E-state index is 1.21. The molecule has 2 nitrogen and oxygen atoms in total. The molecule has 0 saturated heterocycles. The second kappa shape index (κ2) is 5.17. The van der Waals surface area contributed by atoms with Gasteiger partial charge in [-0.05, 0) is 78.9 Å². The summed E-state index contributed by atoms with van der Waals surface area (Å²) in [7, 11) is 0. The molecule has 0 spiro atoms. The van der Waals surface area contributed by atoms with Gasteiger partial charge in [-0.15, -0.1) is 0 Å². The van der Waals surface area contributed by atoms with Gasteiger partial charge in [-0.1, -0.05) is 30.3 Å². The number of aromatic nitrogens is 2. The number of hydrogen-bond acceptors (Lipinski definition) is 0. The smallest absolute Gasteiger partial charge is 0.0497 e. The minimum Gasteiger partial charge on any atom is -0.354 e. The van der Waals surface area contributed by atoms with Crippen molar-refractivity contribution in [3.05, 3.63) is 70.8 Å².